The molecule has 0 unspecified atom stereocenters. The molecule has 1 aromatic heterocycles. The Morgan fingerprint density at radius 3 is 2.94 bits per heavy atom. The maximum Gasteiger partial charge on any atom is 0.337 e. The van der Waals surface area contributed by atoms with Gasteiger partial charge in [0, 0.05) is 11.1 Å². The van der Waals surface area contributed by atoms with Crippen LogP contribution in [-0.2, 0) is 0 Å². The highest BCUT2D eigenvalue weighted by Crippen LogP contribution is 2.42. The zero-order valence-electron chi connectivity index (χ0n) is 8.68. The number of rotatable bonds is 1. The molecule has 0 fully saturated rings. The standard InChI is InChI=1S/C12H8N2O2S/c15-12(16)7-5-9-11(13-6-7)17-10-4-2-1-3-8(10)14-9/h1-6,14H,(H,15,16). The maximum absolute atomic E-state index is 10.9. The van der Waals surface area contributed by atoms with Gasteiger partial charge in [0.1, 0.15) is 5.03 Å². The number of para-hydroxylation sites is 1. The minimum absolute atomic E-state index is 0.191. The van der Waals surface area contributed by atoms with Crippen molar-refractivity contribution in [3.8, 4) is 0 Å². The normalized spacial score (nSPS) is 12.2. The van der Waals surface area contributed by atoms with E-state index in [4.69, 9.17) is 5.11 Å². The zero-order chi connectivity index (χ0) is 11.8. The number of aromatic carboxylic acids is 1. The van der Waals surface area contributed by atoms with Gasteiger partial charge in [-0.15, -0.1) is 0 Å². The van der Waals surface area contributed by atoms with Crippen molar-refractivity contribution in [2.75, 3.05) is 5.32 Å². The minimum Gasteiger partial charge on any atom is -0.478 e. The Hall–Kier alpha value is -2.01. The van der Waals surface area contributed by atoms with Gasteiger partial charge in [-0.05, 0) is 18.2 Å². The predicted molar refractivity (Wildman–Crippen MR) is 65.0 cm³/mol. The molecule has 0 atom stereocenters. The number of carbonyl (C=O) groups is 1. The Bertz CT molecular complexity index is 613. The number of carboxylic acid groups (broad SMARTS) is 1. The molecule has 2 N–H and O–H groups in total. The van der Waals surface area contributed by atoms with Crippen molar-refractivity contribution in [2.24, 2.45) is 0 Å². The summed E-state index contributed by atoms with van der Waals surface area (Å²) in [6.45, 7) is 0. The molecule has 5 heteroatoms. The van der Waals surface area contributed by atoms with Crippen LogP contribution >= 0.6 is 11.8 Å². The number of carboxylic acids is 1. The first-order valence-corrected chi connectivity index (χ1v) is 5.83. The van der Waals surface area contributed by atoms with Gasteiger partial charge in [-0.2, -0.15) is 0 Å². The highest BCUT2D eigenvalue weighted by Gasteiger charge is 2.17. The summed E-state index contributed by atoms with van der Waals surface area (Å²) in [5.74, 6) is -0.967. The first-order chi connectivity index (χ1) is 8.24. The molecule has 0 aliphatic carbocycles. The van der Waals surface area contributed by atoms with Gasteiger partial charge in [0.05, 0.1) is 16.9 Å². The summed E-state index contributed by atoms with van der Waals surface area (Å²) in [5, 5.41) is 12.9. The van der Waals surface area contributed by atoms with E-state index in [1.807, 2.05) is 24.3 Å². The summed E-state index contributed by atoms with van der Waals surface area (Å²) >= 11 is 1.54. The van der Waals surface area contributed by atoms with Crippen LogP contribution in [0.2, 0.25) is 0 Å². The SMILES string of the molecule is O=C(O)c1cnc2c(c1)Nc1ccccc1S2. The first-order valence-electron chi connectivity index (χ1n) is 5.01. The first kappa shape index (κ1) is 10.2. The van der Waals surface area contributed by atoms with E-state index in [0.717, 1.165) is 21.3 Å². The molecule has 2 aromatic rings. The van der Waals surface area contributed by atoms with E-state index in [0.29, 0.717) is 0 Å². The number of fused-ring (bicyclic) bond motifs is 2. The van der Waals surface area contributed by atoms with E-state index in [1.54, 1.807) is 6.07 Å². The number of nitrogens with one attached hydrogen (secondary N) is 1. The number of hydrogen-bond donors (Lipinski definition) is 2. The average Bonchev–Trinajstić information content (AvgIpc) is 2.35. The second-order valence-electron chi connectivity index (χ2n) is 3.61. The number of hydrogen-bond acceptors (Lipinski definition) is 4. The molecule has 0 saturated heterocycles. The maximum atomic E-state index is 10.9. The molecule has 17 heavy (non-hydrogen) atoms. The fraction of sp³-hybridized carbons (Fsp3) is 0. The van der Waals surface area contributed by atoms with Crippen molar-refractivity contribution in [2.45, 2.75) is 9.92 Å². The van der Waals surface area contributed by atoms with E-state index >= 15 is 0 Å². The van der Waals surface area contributed by atoms with Crippen molar-refractivity contribution in [3.05, 3.63) is 42.1 Å². The predicted octanol–water partition coefficient (Wildman–Crippen LogP) is 2.99. The highest BCUT2D eigenvalue weighted by atomic mass is 32.2. The van der Waals surface area contributed by atoms with E-state index in [9.17, 15) is 4.79 Å². The number of pyridine rings is 1. The van der Waals surface area contributed by atoms with Crippen LogP contribution in [0, 0.1) is 0 Å². The van der Waals surface area contributed by atoms with Gasteiger partial charge < -0.3 is 10.4 Å². The Kier molecular flexibility index (Phi) is 2.26. The fourth-order valence-electron chi connectivity index (χ4n) is 1.65. The summed E-state index contributed by atoms with van der Waals surface area (Å²) < 4.78 is 0. The molecule has 0 radical (unpaired) electrons. The molecule has 1 aliphatic heterocycles. The summed E-state index contributed by atoms with van der Waals surface area (Å²) in [5.41, 5.74) is 1.92. The van der Waals surface area contributed by atoms with Crippen LogP contribution in [0.25, 0.3) is 0 Å². The topological polar surface area (TPSA) is 62.2 Å². The number of benzene rings is 1. The van der Waals surface area contributed by atoms with Gasteiger partial charge in [0.25, 0.3) is 0 Å². The second-order valence-corrected chi connectivity index (χ2v) is 4.64. The van der Waals surface area contributed by atoms with Gasteiger partial charge in [0.15, 0.2) is 0 Å². The molecule has 0 spiro atoms. The molecule has 84 valence electrons. The lowest BCUT2D eigenvalue weighted by Gasteiger charge is -2.19. The largest absolute Gasteiger partial charge is 0.478 e. The number of anilines is 2. The third-order valence-corrected chi connectivity index (χ3v) is 3.56. The van der Waals surface area contributed by atoms with Crippen LogP contribution < -0.4 is 5.32 Å². The number of aromatic nitrogens is 1. The van der Waals surface area contributed by atoms with Gasteiger partial charge in [-0.1, -0.05) is 23.9 Å². The summed E-state index contributed by atoms with van der Waals surface area (Å²) in [6.07, 6.45) is 1.38. The van der Waals surface area contributed by atoms with Crippen molar-refractivity contribution in [3.63, 3.8) is 0 Å². The van der Waals surface area contributed by atoms with Gasteiger partial charge in [0.2, 0.25) is 0 Å². The highest BCUT2D eigenvalue weighted by molar-refractivity contribution is 7.99. The molecule has 2 heterocycles. The molecule has 3 rings (SSSR count). The van der Waals surface area contributed by atoms with Crippen LogP contribution in [0.4, 0.5) is 11.4 Å². The van der Waals surface area contributed by atoms with Crippen molar-refractivity contribution < 1.29 is 9.90 Å². The smallest absolute Gasteiger partial charge is 0.337 e. The molecule has 1 aromatic carbocycles. The van der Waals surface area contributed by atoms with Crippen LogP contribution in [-0.4, -0.2) is 16.1 Å². The Labute approximate surface area is 102 Å². The quantitative estimate of drug-likeness (QED) is 0.689. The summed E-state index contributed by atoms with van der Waals surface area (Å²) in [6, 6.07) is 9.46. The van der Waals surface area contributed by atoms with Crippen molar-refractivity contribution in [1.82, 2.24) is 4.98 Å². The van der Waals surface area contributed by atoms with Gasteiger partial charge in [-0.3, -0.25) is 0 Å². The van der Waals surface area contributed by atoms with E-state index < -0.39 is 5.97 Å². The van der Waals surface area contributed by atoms with Crippen LogP contribution in [0.15, 0.2) is 46.5 Å². The zero-order valence-corrected chi connectivity index (χ0v) is 9.49. The van der Waals surface area contributed by atoms with Gasteiger partial charge in [-0.25, -0.2) is 9.78 Å². The van der Waals surface area contributed by atoms with Gasteiger partial charge >= 0.3 is 5.97 Å². The Morgan fingerprint density at radius 1 is 1.29 bits per heavy atom. The van der Waals surface area contributed by atoms with Crippen LogP contribution in [0.5, 0.6) is 0 Å². The molecular weight excluding hydrogens is 236 g/mol. The Balaban J connectivity index is 2.06. The van der Waals surface area contributed by atoms with E-state index in [-0.39, 0.29) is 5.56 Å². The number of nitrogens with zero attached hydrogens (tertiary/aromatic N) is 1. The van der Waals surface area contributed by atoms with Crippen LogP contribution in [0.3, 0.4) is 0 Å². The monoisotopic (exact) mass is 244 g/mol. The molecule has 0 bridgehead atoms. The molecule has 0 saturated carbocycles. The third kappa shape index (κ3) is 1.74. The lowest BCUT2D eigenvalue weighted by Crippen LogP contribution is -2.04. The molecule has 4 nitrogen and oxygen atoms in total. The summed E-state index contributed by atoms with van der Waals surface area (Å²) in [7, 11) is 0. The van der Waals surface area contributed by atoms with Crippen molar-refractivity contribution in [1.29, 1.82) is 0 Å². The molecule has 0 amide bonds. The van der Waals surface area contributed by atoms with E-state index in [2.05, 4.69) is 10.3 Å². The lowest BCUT2D eigenvalue weighted by molar-refractivity contribution is 0.0696. The van der Waals surface area contributed by atoms with E-state index in [1.165, 1.54) is 18.0 Å². The fourth-order valence-corrected chi connectivity index (χ4v) is 2.56. The minimum atomic E-state index is -0.967. The van der Waals surface area contributed by atoms with Crippen LogP contribution in [0.1, 0.15) is 10.4 Å². The third-order valence-electron chi connectivity index (χ3n) is 2.46. The molecular formula is C12H8N2O2S. The summed E-state index contributed by atoms with van der Waals surface area (Å²) in [4.78, 5) is 16.1. The van der Waals surface area contributed by atoms with Crippen molar-refractivity contribution >= 4 is 29.1 Å². The Morgan fingerprint density at radius 2 is 2.12 bits per heavy atom. The lowest BCUT2D eigenvalue weighted by atomic mass is 10.2. The second kappa shape index (κ2) is 3.78. The average molecular weight is 244 g/mol. The molecule has 1 aliphatic rings.